The number of rotatable bonds is 4. The van der Waals surface area contributed by atoms with Gasteiger partial charge in [0.2, 0.25) is 0 Å². The van der Waals surface area contributed by atoms with Gasteiger partial charge in [-0.25, -0.2) is 0 Å². The Morgan fingerprint density at radius 1 is 1.12 bits per heavy atom. The molecule has 1 amide bonds. The number of hydrogen-bond donors (Lipinski definition) is 0. The highest BCUT2D eigenvalue weighted by Crippen LogP contribution is 2.33. The third-order valence-corrected chi connectivity index (χ3v) is 4.52. The maximum atomic E-state index is 12.7. The molecule has 1 heterocycles. The minimum absolute atomic E-state index is 0.0356. The molecule has 26 heavy (non-hydrogen) atoms. The van der Waals surface area contributed by atoms with E-state index in [1.165, 1.54) is 12.5 Å². The Morgan fingerprint density at radius 2 is 1.85 bits per heavy atom. The molecule has 0 N–H and O–H groups in total. The van der Waals surface area contributed by atoms with Crippen LogP contribution in [0, 0.1) is 0 Å². The number of carbonyl (C=O) groups is 2. The molecule has 0 spiro atoms. The highest BCUT2D eigenvalue weighted by molar-refractivity contribution is 6.06. The zero-order chi connectivity index (χ0) is 18.7. The van der Waals surface area contributed by atoms with E-state index in [0.29, 0.717) is 36.1 Å². The summed E-state index contributed by atoms with van der Waals surface area (Å²) in [4.78, 5) is 26.0. The number of benzene rings is 2. The smallest absolute Gasteiger partial charge is 0.251 e. The van der Waals surface area contributed by atoms with E-state index >= 15 is 0 Å². The summed E-state index contributed by atoms with van der Waals surface area (Å²) in [6.45, 7) is 6.72. The molecule has 4 nitrogen and oxygen atoms in total. The van der Waals surface area contributed by atoms with E-state index in [0.717, 1.165) is 5.56 Å². The molecule has 1 aliphatic rings. The fourth-order valence-electron chi connectivity index (χ4n) is 2.92. The van der Waals surface area contributed by atoms with Crippen molar-refractivity contribution in [1.29, 1.82) is 0 Å². The van der Waals surface area contributed by atoms with Crippen LogP contribution in [0.2, 0.25) is 0 Å². The first kappa shape index (κ1) is 17.9. The lowest BCUT2D eigenvalue weighted by Crippen LogP contribution is -2.37. The van der Waals surface area contributed by atoms with Crippen molar-refractivity contribution in [3.63, 3.8) is 0 Å². The molecule has 0 fully saturated rings. The predicted octanol–water partition coefficient (Wildman–Crippen LogP) is 4.45. The number of anilines is 1. The van der Waals surface area contributed by atoms with E-state index in [1.54, 1.807) is 29.2 Å². The van der Waals surface area contributed by atoms with Crippen LogP contribution >= 0.6 is 0 Å². The van der Waals surface area contributed by atoms with Gasteiger partial charge in [-0.3, -0.25) is 9.59 Å². The van der Waals surface area contributed by atoms with Gasteiger partial charge in [0.05, 0.1) is 12.2 Å². The van der Waals surface area contributed by atoms with E-state index in [2.05, 4.69) is 26.0 Å². The zero-order valence-electron chi connectivity index (χ0n) is 15.4. The Hall–Kier alpha value is -2.88. The van der Waals surface area contributed by atoms with Crippen LogP contribution in [-0.2, 0) is 4.79 Å². The molecule has 0 unspecified atom stereocenters. The Kier molecular flexibility index (Phi) is 5.21. The van der Waals surface area contributed by atoms with Gasteiger partial charge in [0, 0.05) is 11.6 Å². The van der Waals surface area contributed by atoms with Crippen molar-refractivity contribution in [1.82, 2.24) is 0 Å². The van der Waals surface area contributed by atoms with Crippen LogP contribution in [0.3, 0.4) is 0 Å². The average Bonchev–Trinajstić information content (AvgIpc) is 2.65. The van der Waals surface area contributed by atoms with E-state index in [-0.39, 0.29) is 11.7 Å². The van der Waals surface area contributed by atoms with Crippen molar-refractivity contribution < 1.29 is 14.3 Å². The van der Waals surface area contributed by atoms with Crippen LogP contribution in [0.25, 0.3) is 6.08 Å². The summed E-state index contributed by atoms with van der Waals surface area (Å²) in [5.41, 5.74) is 3.47. The van der Waals surface area contributed by atoms with Gasteiger partial charge >= 0.3 is 0 Å². The quantitative estimate of drug-likeness (QED) is 0.605. The topological polar surface area (TPSA) is 46.6 Å². The van der Waals surface area contributed by atoms with Gasteiger partial charge in [0.1, 0.15) is 12.4 Å². The van der Waals surface area contributed by atoms with Crippen LogP contribution in [0.4, 0.5) is 5.69 Å². The number of hydrogen-bond acceptors (Lipinski definition) is 3. The zero-order valence-corrected chi connectivity index (χ0v) is 15.4. The Morgan fingerprint density at radius 3 is 2.50 bits per heavy atom. The molecule has 4 heteroatoms. The molecule has 0 radical (unpaired) electrons. The maximum Gasteiger partial charge on any atom is 0.251 e. The number of fused-ring (bicyclic) bond motifs is 1. The number of ether oxygens (including phenoxy) is 1. The summed E-state index contributed by atoms with van der Waals surface area (Å²) in [6, 6.07) is 13.4. The molecular weight excluding hydrogens is 326 g/mol. The largest absolute Gasteiger partial charge is 0.490 e. The van der Waals surface area contributed by atoms with Crippen molar-refractivity contribution >= 4 is 23.5 Å². The standard InChI is InChI=1S/C22H23NO3/c1-15(2)18-7-4-17(5-8-18)6-11-22(25)23-12-13-26-21-10-9-19(16(3)24)14-20(21)23/h4-11,14-15H,12-13H2,1-3H3/b11-6+. The van der Waals surface area contributed by atoms with Gasteiger partial charge in [0.15, 0.2) is 5.78 Å². The molecule has 0 aliphatic carbocycles. The van der Waals surface area contributed by atoms with Crippen LogP contribution in [0.1, 0.15) is 48.2 Å². The summed E-state index contributed by atoms with van der Waals surface area (Å²) < 4.78 is 5.61. The number of ketones is 1. The van der Waals surface area contributed by atoms with Gasteiger partial charge in [-0.15, -0.1) is 0 Å². The number of nitrogens with zero attached hydrogens (tertiary/aromatic N) is 1. The lowest BCUT2D eigenvalue weighted by Gasteiger charge is -2.29. The molecule has 2 aromatic rings. The molecule has 0 saturated carbocycles. The highest BCUT2D eigenvalue weighted by atomic mass is 16.5. The van der Waals surface area contributed by atoms with Gasteiger partial charge in [-0.2, -0.15) is 0 Å². The maximum absolute atomic E-state index is 12.7. The molecule has 1 aliphatic heterocycles. The Labute approximate surface area is 154 Å². The number of carbonyl (C=O) groups excluding carboxylic acids is 2. The van der Waals surface area contributed by atoms with Crippen molar-refractivity contribution in [2.75, 3.05) is 18.1 Å². The highest BCUT2D eigenvalue weighted by Gasteiger charge is 2.23. The van der Waals surface area contributed by atoms with Crippen molar-refractivity contribution in [3.05, 3.63) is 65.2 Å². The molecule has 0 bridgehead atoms. The normalized spacial score (nSPS) is 13.6. The van der Waals surface area contributed by atoms with Gasteiger partial charge < -0.3 is 9.64 Å². The Balaban J connectivity index is 1.80. The summed E-state index contributed by atoms with van der Waals surface area (Å²) in [6.07, 6.45) is 3.39. The van der Waals surface area contributed by atoms with Gasteiger partial charge in [-0.1, -0.05) is 38.1 Å². The molecule has 0 aromatic heterocycles. The average molecular weight is 349 g/mol. The molecular formula is C22H23NO3. The first-order chi connectivity index (χ1) is 12.5. The predicted molar refractivity (Wildman–Crippen MR) is 104 cm³/mol. The first-order valence-corrected chi connectivity index (χ1v) is 8.83. The second-order valence-electron chi connectivity index (χ2n) is 6.73. The molecule has 0 saturated heterocycles. The van der Waals surface area contributed by atoms with Crippen molar-refractivity contribution in [2.24, 2.45) is 0 Å². The summed E-state index contributed by atoms with van der Waals surface area (Å²) in [5.74, 6) is 0.953. The first-order valence-electron chi connectivity index (χ1n) is 8.83. The third-order valence-electron chi connectivity index (χ3n) is 4.52. The lowest BCUT2D eigenvalue weighted by molar-refractivity contribution is -0.114. The molecule has 0 atom stereocenters. The molecule has 134 valence electrons. The lowest BCUT2D eigenvalue weighted by atomic mass is 10.0. The fourth-order valence-corrected chi connectivity index (χ4v) is 2.92. The fraction of sp³-hybridized carbons (Fsp3) is 0.273. The monoisotopic (exact) mass is 349 g/mol. The Bertz CT molecular complexity index is 850. The van der Waals surface area contributed by atoms with Crippen molar-refractivity contribution in [3.8, 4) is 5.75 Å². The van der Waals surface area contributed by atoms with E-state index < -0.39 is 0 Å². The van der Waals surface area contributed by atoms with Gasteiger partial charge in [0.25, 0.3) is 5.91 Å². The van der Waals surface area contributed by atoms with Crippen LogP contribution in [-0.4, -0.2) is 24.8 Å². The van der Waals surface area contributed by atoms with E-state index in [4.69, 9.17) is 4.74 Å². The minimum atomic E-state index is -0.122. The molecule has 2 aromatic carbocycles. The minimum Gasteiger partial charge on any atom is -0.490 e. The third kappa shape index (κ3) is 3.85. The van der Waals surface area contributed by atoms with Crippen molar-refractivity contribution in [2.45, 2.75) is 26.7 Å². The number of amides is 1. The van der Waals surface area contributed by atoms with Crippen LogP contribution in [0.15, 0.2) is 48.5 Å². The SMILES string of the molecule is CC(=O)c1ccc2c(c1)N(C(=O)/C=C/c1ccc(C(C)C)cc1)CCO2. The number of Topliss-reactive ketones (excluding diaryl/α,β-unsaturated/α-hetero) is 1. The van der Waals surface area contributed by atoms with Gasteiger partial charge in [-0.05, 0) is 48.2 Å². The van der Waals surface area contributed by atoms with Crippen LogP contribution < -0.4 is 9.64 Å². The van der Waals surface area contributed by atoms with Crippen LogP contribution in [0.5, 0.6) is 5.75 Å². The van der Waals surface area contributed by atoms with E-state index in [9.17, 15) is 9.59 Å². The molecule has 3 rings (SSSR count). The second-order valence-corrected chi connectivity index (χ2v) is 6.73. The second kappa shape index (κ2) is 7.56. The summed E-state index contributed by atoms with van der Waals surface area (Å²) >= 11 is 0. The summed E-state index contributed by atoms with van der Waals surface area (Å²) in [7, 11) is 0. The summed E-state index contributed by atoms with van der Waals surface area (Å²) in [5, 5.41) is 0. The van der Waals surface area contributed by atoms with E-state index in [1.807, 2.05) is 18.2 Å².